The van der Waals surface area contributed by atoms with Crippen molar-refractivity contribution in [1.29, 1.82) is 0 Å². The summed E-state index contributed by atoms with van der Waals surface area (Å²) in [6.07, 6.45) is 3.93. The summed E-state index contributed by atoms with van der Waals surface area (Å²) in [5.41, 5.74) is -0.0315. The fourth-order valence-electron chi connectivity index (χ4n) is 1.03. The van der Waals surface area contributed by atoms with Crippen LogP contribution in [0.4, 0.5) is 0 Å². The molecule has 1 aromatic heterocycles. The van der Waals surface area contributed by atoms with Crippen molar-refractivity contribution < 1.29 is 9.84 Å². The molecule has 1 N–H and O–H groups in total. The van der Waals surface area contributed by atoms with Crippen LogP contribution in [0.1, 0.15) is 25.8 Å². The molecule has 72 valence electrons. The van der Waals surface area contributed by atoms with Crippen LogP contribution >= 0.6 is 0 Å². The van der Waals surface area contributed by atoms with Gasteiger partial charge in [-0.15, -0.1) is 0 Å². The van der Waals surface area contributed by atoms with E-state index in [2.05, 4.69) is 4.98 Å². The average molecular weight is 181 g/mol. The van der Waals surface area contributed by atoms with Crippen LogP contribution in [0.3, 0.4) is 0 Å². The van der Waals surface area contributed by atoms with E-state index in [4.69, 9.17) is 4.74 Å². The average Bonchev–Trinajstić information content (AvgIpc) is 2.18. The van der Waals surface area contributed by atoms with Gasteiger partial charge in [0.05, 0.1) is 18.9 Å². The van der Waals surface area contributed by atoms with Gasteiger partial charge >= 0.3 is 0 Å². The third-order valence-electron chi connectivity index (χ3n) is 2.26. The molecule has 3 heteroatoms. The second-order valence-corrected chi connectivity index (χ2v) is 3.24. The van der Waals surface area contributed by atoms with Gasteiger partial charge in [0.15, 0.2) is 0 Å². The van der Waals surface area contributed by atoms with Gasteiger partial charge in [0.2, 0.25) is 0 Å². The van der Waals surface area contributed by atoms with Crippen molar-refractivity contribution in [3.63, 3.8) is 0 Å². The standard InChI is InChI=1S/C10H15NO2/c1-4-10(2,12)8-5-9(13-3)7-11-6-8/h5-7,12H,4H2,1-3H3. The van der Waals surface area contributed by atoms with E-state index >= 15 is 0 Å². The largest absolute Gasteiger partial charge is 0.495 e. The first-order chi connectivity index (χ1) is 6.10. The Morgan fingerprint density at radius 2 is 2.23 bits per heavy atom. The molecular weight excluding hydrogens is 166 g/mol. The van der Waals surface area contributed by atoms with Gasteiger partial charge in [0.1, 0.15) is 5.75 Å². The fraction of sp³-hybridized carbons (Fsp3) is 0.500. The molecule has 0 fully saturated rings. The number of nitrogens with zero attached hydrogens (tertiary/aromatic N) is 1. The number of ether oxygens (including phenoxy) is 1. The minimum atomic E-state index is -0.818. The summed E-state index contributed by atoms with van der Waals surface area (Å²) in [6.45, 7) is 3.70. The minimum Gasteiger partial charge on any atom is -0.495 e. The van der Waals surface area contributed by atoms with Gasteiger partial charge in [-0.2, -0.15) is 0 Å². The Labute approximate surface area is 78.4 Å². The quantitative estimate of drug-likeness (QED) is 0.771. The molecule has 0 radical (unpaired) electrons. The zero-order valence-corrected chi connectivity index (χ0v) is 8.24. The molecule has 0 aliphatic carbocycles. The van der Waals surface area contributed by atoms with Crippen molar-refractivity contribution in [1.82, 2.24) is 4.98 Å². The summed E-state index contributed by atoms with van der Waals surface area (Å²) in [6, 6.07) is 1.80. The van der Waals surface area contributed by atoms with E-state index in [1.54, 1.807) is 32.5 Å². The van der Waals surface area contributed by atoms with E-state index in [1.807, 2.05) is 6.92 Å². The third-order valence-corrected chi connectivity index (χ3v) is 2.26. The Morgan fingerprint density at radius 3 is 2.77 bits per heavy atom. The zero-order chi connectivity index (χ0) is 9.90. The molecule has 0 saturated heterocycles. The summed E-state index contributed by atoms with van der Waals surface area (Å²) in [4.78, 5) is 3.98. The highest BCUT2D eigenvalue weighted by Crippen LogP contribution is 2.25. The molecule has 1 heterocycles. The monoisotopic (exact) mass is 181 g/mol. The second kappa shape index (κ2) is 3.75. The molecule has 3 nitrogen and oxygen atoms in total. The Kier molecular flexibility index (Phi) is 2.88. The number of rotatable bonds is 3. The summed E-state index contributed by atoms with van der Waals surface area (Å²) < 4.78 is 5.02. The van der Waals surface area contributed by atoms with Crippen LogP contribution in [0.2, 0.25) is 0 Å². The maximum absolute atomic E-state index is 9.92. The topological polar surface area (TPSA) is 42.4 Å². The van der Waals surface area contributed by atoms with Crippen molar-refractivity contribution in [3.05, 3.63) is 24.0 Å². The van der Waals surface area contributed by atoms with E-state index in [0.29, 0.717) is 12.2 Å². The molecule has 0 aliphatic heterocycles. The van der Waals surface area contributed by atoms with Crippen LogP contribution < -0.4 is 4.74 Å². The van der Waals surface area contributed by atoms with Crippen LogP contribution in [-0.4, -0.2) is 17.2 Å². The normalized spacial score (nSPS) is 15.1. The number of aliphatic hydroxyl groups is 1. The molecule has 0 bridgehead atoms. The SMILES string of the molecule is CCC(C)(O)c1cncc(OC)c1. The summed E-state index contributed by atoms with van der Waals surface area (Å²) >= 11 is 0. The van der Waals surface area contributed by atoms with Crippen molar-refractivity contribution in [2.45, 2.75) is 25.9 Å². The lowest BCUT2D eigenvalue weighted by atomic mass is 9.95. The highest BCUT2D eigenvalue weighted by molar-refractivity contribution is 5.27. The van der Waals surface area contributed by atoms with Crippen molar-refractivity contribution in [3.8, 4) is 5.75 Å². The molecule has 1 atom stereocenters. The van der Waals surface area contributed by atoms with E-state index in [-0.39, 0.29) is 0 Å². The van der Waals surface area contributed by atoms with Crippen LogP contribution in [0, 0.1) is 0 Å². The predicted octanol–water partition coefficient (Wildman–Crippen LogP) is 1.71. The second-order valence-electron chi connectivity index (χ2n) is 3.24. The first-order valence-electron chi connectivity index (χ1n) is 4.32. The maximum atomic E-state index is 9.92. The van der Waals surface area contributed by atoms with E-state index in [1.165, 1.54) is 0 Å². The Bertz CT molecular complexity index is 284. The number of pyridine rings is 1. The lowest BCUT2D eigenvalue weighted by Gasteiger charge is -2.21. The molecule has 13 heavy (non-hydrogen) atoms. The van der Waals surface area contributed by atoms with Gasteiger partial charge in [-0.3, -0.25) is 4.98 Å². The summed E-state index contributed by atoms with van der Waals surface area (Å²) in [5, 5.41) is 9.92. The predicted molar refractivity (Wildman–Crippen MR) is 50.7 cm³/mol. The van der Waals surface area contributed by atoms with Crippen molar-refractivity contribution in [2.24, 2.45) is 0 Å². The molecule has 0 amide bonds. The molecule has 1 unspecified atom stereocenters. The van der Waals surface area contributed by atoms with Crippen LogP contribution in [0.15, 0.2) is 18.5 Å². The van der Waals surface area contributed by atoms with Crippen molar-refractivity contribution in [2.75, 3.05) is 7.11 Å². The highest BCUT2D eigenvalue weighted by Gasteiger charge is 2.20. The van der Waals surface area contributed by atoms with Crippen LogP contribution in [0.25, 0.3) is 0 Å². The van der Waals surface area contributed by atoms with Gasteiger partial charge in [0.25, 0.3) is 0 Å². The lowest BCUT2D eigenvalue weighted by molar-refractivity contribution is 0.0525. The van der Waals surface area contributed by atoms with Crippen LogP contribution in [0.5, 0.6) is 5.75 Å². The summed E-state index contributed by atoms with van der Waals surface area (Å²) in [7, 11) is 1.58. The van der Waals surface area contributed by atoms with Gasteiger partial charge in [-0.1, -0.05) is 6.92 Å². The molecule has 1 rings (SSSR count). The summed E-state index contributed by atoms with van der Waals surface area (Å²) in [5.74, 6) is 0.672. The third kappa shape index (κ3) is 2.18. The molecule has 0 spiro atoms. The Hall–Kier alpha value is -1.09. The van der Waals surface area contributed by atoms with Crippen LogP contribution in [-0.2, 0) is 5.60 Å². The van der Waals surface area contributed by atoms with Crippen molar-refractivity contribution >= 4 is 0 Å². The fourth-order valence-corrected chi connectivity index (χ4v) is 1.03. The molecule has 0 aromatic carbocycles. The first kappa shape index (κ1) is 9.99. The number of aromatic nitrogens is 1. The van der Waals surface area contributed by atoms with Gasteiger partial charge < -0.3 is 9.84 Å². The number of hydrogen-bond acceptors (Lipinski definition) is 3. The minimum absolute atomic E-state index is 0.655. The molecule has 1 aromatic rings. The molecule has 0 aliphatic rings. The van der Waals surface area contributed by atoms with Gasteiger partial charge in [0, 0.05) is 11.8 Å². The van der Waals surface area contributed by atoms with E-state index in [9.17, 15) is 5.11 Å². The van der Waals surface area contributed by atoms with E-state index in [0.717, 1.165) is 5.56 Å². The first-order valence-corrected chi connectivity index (χ1v) is 4.32. The molecular formula is C10H15NO2. The van der Waals surface area contributed by atoms with Gasteiger partial charge in [-0.25, -0.2) is 0 Å². The lowest BCUT2D eigenvalue weighted by Crippen LogP contribution is -2.19. The highest BCUT2D eigenvalue weighted by atomic mass is 16.5. The Balaban J connectivity index is 3.01. The van der Waals surface area contributed by atoms with E-state index < -0.39 is 5.60 Å². The maximum Gasteiger partial charge on any atom is 0.137 e. The zero-order valence-electron chi connectivity index (χ0n) is 8.24. The Morgan fingerprint density at radius 1 is 1.54 bits per heavy atom. The molecule has 0 saturated carbocycles. The smallest absolute Gasteiger partial charge is 0.137 e. The number of methoxy groups -OCH3 is 1. The number of hydrogen-bond donors (Lipinski definition) is 1. The van der Waals surface area contributed by atoms with Gasteiger partial charge in [-0.05, 0) is 19.4 Å².